The first kappa shape index (κ1) is 30.2. The Morgan fingerprint density at radius 1 is 1.11 bits per heavy atom. The minimum atomic E-state index is -1.16. The molecule has 2 unspecified atom stereocenters. The fourth-order valence-corrected chi connectivity index (χ4v) is 9.96. The van der Waals surface area contributed by atoms with Gasteiger partial charge in [-0.05, 0) is 67.5 Å². The number of hydrogen-bond acceptors (Lipinski definition) is 5. The summed E-state index contributed by atoms with van der Waals surface area (Å²) in [5.41, 5.74) is 2.39. The van der Waals surface area contributed by atoms with Gasteiger partial charge in [0.1, 0.15) is 17.2 Å². The molecule has 0 radical (unpaired) electrons. The summed E-state index contributed by atoms with van der Waals surface area (Å²) in [6, 6.07) is 11.0. The molecular formula is C36H37Cl2FN4O3. The molecule has 1 aromatic heterocycles. The van der Waals surface area contributed by atoms with E-state index in [-0.39, 0.29) is 34.6 Å². The van der Waals surface area contributed by atoms with Crippen LogP contribution in [0.5, 0.6) is 0 Å². The average molecular weight is 664 g/mol. The zero-order valence-electron chi connectivity index (χ0n) is 25.9. The number of ether oxygens (including phenoxy) is 1. The van der Waals surface area contributed by atoms with Crippen LogP contribution in [0.2, 0.25) is 5.02 Å². The second-order valence-corrected chi connectivity index (χ2v) is 14.6. The highest BCUT2D eigenvalue weighted by atomic mass is 35.5. The van der Waals surface area contributed by atoms with Gasteiger partial charge in [-0.15, -0.1) is 0 Å². The molecule has 7 nitrogen and oxygen atoms in total. The fraction of sp³-hybridized carbons (Fsp3) is 0.472. The molecule has 1 N–H and O–H groups in total. The van der Waals surface area contributed by atoms with Crippen LogP contribution in [0.25, 0.3) is 11.0 Å². The zero-order chi connectivity index (χ0) is 31.9. The Hall–Kier alpha value is -3.20. The average Bonchev–Trinajstić information content (AvgIpc) is 3.67. The number of aromatic nitrogens is 2. The van der Waals surface area contributed by atoms with E-state index in [1.807, 2.05) is 37.3 Å². The number of nitrogens with zero attached hydrogens (tertiary/aromatic N) is 3. The van der Waals surface area contributed by atoms with Crippen molar-refractivity contribution in [1.29, 1.82) is 0 Å². The molecule has 3 aromatic rings. The monoisotopic (exact) mass is 662 g/mol. The summed E-state index contributed by atoms with van der Waals surface area (Å²) in [7, 11) is 1.36. The molecule has 1 spiro atoms. The van der Waals surface area contributed by atoms with Crippen molar-refractivity contribution in [2.24, 2.45) is 23.7 Å². The number of hydrogen-bond donors (Lipinski definition) is 1. The standard InChI is InChI=1S/C36H37Cl2FN4O3/c1-19-8-12-24(38)32(39)29(19)31-30-28(14-15-42-27-13-9-21(34(44)46-2)16-26(27)40-33(30)42)43(18-20-6-4-3-5-7-20)36(31)23-11-10-22(37)17-25(23)41-35(36)45/h8-13,16-17,19-20,28-31H,3-7,14-15,18H2,1-2H3,(H,41,45)/t19?,28-,29?,30+,31-,36+/m0/s1. The molecule has 0 bridgehead atoms. The van der Waals surface area contributed by atoms with Crippen LogP contribution in [0.4, 0.5) is 10.1 Å². The molecule has 2 fully saturated rings. The summed E-state index contributed by atoms with van der Waals surface area (Å²) in [4.78, 5) is 35.0. The van der Waals surface area contributed by atoms with E-state index in [0.29, 0.717) is 34.3 Å². The second-order valence-electron chi connectivity index (χ2n) is 13.7. The molecule has 1 saturated carbocycles. The number of amides is 1. The molecule has 10 heteroatoms. The van der Waals surface area contributed by atoms with E-state index < -0.39 is 23.3 Å². The Morgan fingerprint density at radius 3 is 2.70 bits per heavy atom. The van der Waals surface area contributed by atoms with Gasteiger partial charge in [-0.2, -0.15) is 0 Å². The number of fused-ring (bicyclic) bond motifs is 7. The molecule has 1 amide bonds. The lowest BCUT2D eigenvalue weighted by molar-refractivity contribution is -0.131. The summed E-state index contributed by atoms with van der Waals surface area (Å²) in [6.07, 6.45) is 10.2. The Labute approximate surface area is 277 Å². The molecule has 3 aliphatic heterocycles. The van der Waals surface area contributed by atoms with E-state index in [4.69, 9.17) is 32.9 Å². The van der Waals surface area contributed by atoms with E-state index in [9.17, 15) is 9.59 Å². The Morgan fingerprint density at radius 2 is 1.91 bits per heavy atom. The van der Waals surface area contributed by atoms with Crippen molar-refractivity contribution in [2.75, 3.05) is 19.0 Å². The van der Waals surface area contributed by atoms with Crippen LogP contribution in [-0.2, 0) is 21.6 Å². The van der Waals surface area contributed by atoms with Crippen LogP contribution < -0.4 is 5.32 Å². The highest BCUT2D eigenvalue weighted by Crippen LogP contribution is 2.65. The van der Waals surface area contributed by atoms with Gasteiger partial charge in [0.05, 0.1) is 28.7 Å². The summed E-state index contributed by atoms with van der Waals surface area (Å²) in [5, 5.41) is 3.82. The third-order valence-electron chi connectivity index (χ3n) is 11.5. The lowest BCUT2D eigenvalue weighted by Crippen LogP contribution is -2.55. The molecule has 4 heterocycles. The topological polar surface area (TPSA) is 76.5 Å². The second kappa shape index (κ2) is 11.2. The molecule has 2 aromatic carbocycles. The Bertz CT molecular complexity index is 1830. The lowest BCUT2D eigenvalue weighted by atomic mass is 9.63. The summed E-state index contributed by atoms with van der Waals surface area (Å²) in [6.45, 7) is 3.46. The minimum absolute atomic E-state index is 0.0617. The third kappa shape index (κ3) is 4.29. The summed E-state index contributed by atoms with van der Waals surface area (Å²) < 4.78 is 23.9. The number of anilines is 1. The zero-order valence-corrected chi connectivity index (χ0v) is 27.5. The molecule has 5 aliphatic rings. The van der Waals surface area contributed by atoms with E-state index >= 15 is 4.39 Å². The van der Waals surface area contributed by atoms with Crippen LogP contribution >= 0.6 is 23.2 Å². The van der Waals surface area contributed by atoms with Crippen molar-refractivity contribution in [1.82, 2.24) is 14.5 Å². The number of aryl methyl sites for hydroxylation is 1. The van der Waals surface area contributed by atoms with Crippen molar-refractivity contribution in [2.45, 2.75) is 69.5 Å². The van der Waals surface area contributed by atoms with Crippen LogP contribution in [0.15, 0.2) is 59.4 Å². The maximum Gasteiger partial charge on any atom is 0.337 e. The smallest absolute Gasteiger partial charge is 0.337 e. The highest BCUT2D eigenvalue weighted by molar-refractivity contribution is 6.31. The van der Waals surface area contributed by atoms with Crippen molar-refractivity contribution in [3.63, 3.8) is 0 Å². The number of carbonyl (C=O) groups is 2. The first-order valence-corrected chi connectivity index (χ1v) is 17.2. The largest absolute Gasteiger partial charge is 0.465 e. The van der Waals surface area contributed by atoms with Crippen molar-refractivity contribution < 1.29 is 18.7 Å². The Balaban J connectivity index is 1.39. The summed E-state index contributed by atoms with van der Waals surface area (Å²) in [5.74, 6) is -1.36. The van der Waals surface area contributed by atoms with Crippen LogP contribution in [0.3, 0.4) is 0 Å². The van der Waals surface area contributed by atoms with E-state index in [0.717, 1.165) is 42.7 Å². The van der Waals surface area contributed by atoms with Gasteiger partial charge in [-0.25, -0.2) is 14.2 Å². The molecule has 240 valence electrons. The fourth-order valence-electron chi connectivity index (χ4n) is 9.59. The molecule has 46 heavy (non-hydrogen) atoms. The molecule has 1 saturated heterocycles. The van der Waals surface area contributed by atoms with Crippen LogP contribution in [-0.4, -0.2) is 46.0 Å². The van der Waals surface area contributed by atoms with Crippen molar-refractivity contribution in [3.8, 4) is 0 Å². The Kier molecular flexibility index (Phi) is 7.35. The maximum absolute atomic E-state index is 16.7. The number of imidazole rings is 1. The predicted molar refractivity (Wildman–Crippen MR) is 177 cm³/mol. The molecule has 8 rings (SSSR count). The molecular weight excluding hydrogens is 626 g/mol. The van der Waals surface area contributed by atoms with Crippen molar-refractivity contribution >= 4 is 51.8 Å². The van der Waals surface area contributed by atoms with Crippen molar-refractivity contribution in [3.05, 3.63) is 81.4 Å². The van der Waals surface area contributed by atoms with Gasteiger partial charge in [0.2, 0.25) is 5.91 Å². The van der Waals surface area contributed by atoms with E-state index in [1.54, 1.807) is 18.2 Å². The number of nitrogens with one attached hydrogen (secondary N) is 1. The van der Waals surface area contributed by atoms with Gasteiger partial charge in [-0.1, -0.05) is 61.5 Å². The third-order valence-corrected chi connectivity index (χ3v) is 12.0. The number of likely N-dealkylation sites (tertiary alicyclic amines) is 1. The highest BCUT2D eigenvalue weighted by Gasteiger charge is 2.70. The quantitative estimate of drug-likeness (QED) is 0.287. The normalized spacial score (nSPS) is 30.9. The molecule has 2 aliphatic carbocycles. The number of methoxy groups -OCH3 is 1. The first-order chi connectivity index (χ1) is 22.2. The van der Waals surface area contributed by atoms with E-state index in [1.165, 1.54) is 26.4 Å². The van der Waals surface area contributed by atoms with Gasteiger partial charge in [0, 0.05) is 53.2 Å². The number of rotatable bonds is 4. The summed E-state index contributed by atoms with van der Waals surface area (Å²) >= 11 is 13.1. The lowest BCUT2D eigenvalue weighted by Gasteiger charge is -2.44. The number of allylic oxidation sites excluding steroid dienone is 4. The minimum Gasteiger partial charge on any atom is -0.465 e. The van der Waals surface area contributed by atoms with Crippen LogP contribution in [0, 0.1) is 23.7 Å². The number of carbonyl (C=O) groups excluding carboxylic acids is 2. The van der Waals surface area contributed by atoms with Gasteiger partial charge >= 0.3 is 5.97 Å². The number of esters is 1. The van der Waals surface area contributed by atoms with E-state index in [2.05, 4.69) is 14.8 Å². The first-order valence-electron chi connectivity index (χ1n) is 16.4. The number of benzene rings is 2. The predicted octanol–water partition coefficient (Wildman–Crippen LogP) is 7.93. The van der Waals surface area contributed by atoms with Gasteiger partial charge in [0.25, 0.3) is 0 Å². The van der Waals surface area contributed by atoms with Crippen LogP contribution in [0.1, 0.15) is 73.1 Å². The number of halogens is 3. The molecule has 6 atom stereocenters. The van der Waals surface area contributed by atoms with Gasteiger partial charge < -0.3 is 14.6 Å². The van der Waals surface area contributed by atoms with Gasteiger partial charge in [-0.3, -0.25) is 9.69 Å². The SMILES string of the molecule is COC(=O)c1ccc2c(c1)nc1n2CC[C@H]2[C@@H]1[C@H](C1C(F)=C(Cl)C=CC1C)[C@]1(C(=O)Nc3cc(Cl)ccc31)N2CC1CCCCC1. The maximum atomic E-state index is 16.7. The van der Waals surface area contributed by atoms with Gasteiger partial charge in [0.15, 0.2) is 0 Å².